The van der Waals surface area contributed by atoms with Crippen molar-refractivity contribution in [3.8, 4) is 0 Å². The van der Waals surface area contributed by atoms with Crippen molar-refractivity contribution in [3.05, 3.63) is 48.9 Å². The second kappa shape index (κ2) is 12.4. The van der Waals surface area contributed by atoms with E-state index in [2.05, 4.69) is 99.3 Å². The minimum absolute atomic E-state index is 0.0367. The van der Waals surface area contributed by atoms with Crippen LogP contribution in [0.25, 0.3) is 0 Å². The molecule has 0 aromatic carbocycles. The predicted octanol–water partition coefficient (Wildman–Crippen LogP) is 9.42. The fourth-order valence-corrected chi connectivity index (χ4v) is 6.62. The maximum Gasteiger partial charge on any atom is 0.0919 e. The molecule has 2 fully saturated rings. The summed E-state index contributed by atoms with van der Waals surface area (Å²) in [6.07, 6.45) is 9.85. The van der Waals surface area contributed by atoms with Crippen LogP contribution in [-0.4, -0.2) is 12.1 Å². The van der Waals surface area contributed by atoms with E-state index in [0.29, 0.717) is 29.2 Å². The lowest BCUT2D eigenvalue weighted by molar-refractivity contribution is 0.291. The fourth-order valence-electron chi connectivity index (χ4n) is 6.62. The summed E-state index contributed by atoms with van der Waals surface area (Å²) in [5.74, 6) is 4.42. The summed E-state index contributed by atoms with van der Waals surface area (Å²) < 4.78 is 0. The van der Waals surface area contributed by atoms with E-state index in [4.69, 9.17) is 0 Å². The molecule has 2 aliphatic carbocycles. The molecule has 5 unspecified atom stereocenters. The summed E-state index contributed by atoms with van der Waals surface area (Å²) in [6.45, 7) is 38.8. The number of hydrogen-bond acceptors (Lipinski definition) is 2. The molecular formula is C34H60N2. The Bertz CT molecular complexity index is 788. The van der Waals surface area contributed by atoms with Crippen molar-refractivity contribution in [2.24, 2.45) is 40.4 Å². The summed E-state index contributed by atoms with van der Waals surface area (Å²) in [5.41, 5.74) is 4.42. The van der Waals surface area contributed by atoms with Gasteiger partial charge in [0.1, 0.15) is 0 Å². The van der Waals surface area contributed by atoms with Crippen LogP contribution in [0.5, 0.6) is 0 Å². The topological polar surface area (TPSA) is 24.1 Å². The smallest absolute Gasteiger partial charge is 0.0919 e. The minimum Gasteiger partial charge on any atom is -0.369 e. The van der Waals surface area contributed by atoms with Crippen LogP contribution in [0.4, 0.5) is 0 Å². The first kappa shape index (κ1) is 30.8. The first-order chi connectivity index (χ1) is 16.6. The Morgan fingerprint density at radius 1 is 1.00 bits per heavy atom. The van der Waals surface area contributed by atoms with Crippen LogP contribution < -0.4 is 10.6 Å². The zero-order valence-corrected chi connectivity index (χ0v) is 25.5. The molecule has 0 amide bonds. The molecule has 2 nitrogen and oxygen atoms in total. The van der Waals surface area contributed by atoms with E-state index >= 15 is 0 Å². The van der Waals surface area contributed by atoms with Gasteiger partial charge in [0.25, 0.3) is 0 Å². The lowest BCUT2D eigenvalue weighted by Crippen LogP contribution is -2.47. The van der Waals surface area contributed by atoms with Crippen LogP contribution in [0.3, 0.4) is 0 Å². The molecule has 0 radical (unpaired) electrons. The van der Waals surface area contributed by atoms with Gasteiger partial charge in [-0.3, -0.25) is 0 Å². The van der Waals surface area contributed by atoms with E-state index in [1.54, 1.807) is 0 Å². The summed E-state index contributed by atoms with van der Waals surface area (Å²) in [5, 5.41) is 7.51. The van der Waals surface area contributed by atoms with Gasteiger partial charge in [-0.25, -0.2) is 0 Å². The van der Waals surface area contributed by atoms with Crippen LogP contribution in [-0.2, 0) is 0 Å². The van der Waals surface area contributed by atoms with Crippen molar-refractivity contribution < 1.29 is 0 Å². The van der Waals surface area contributed by atoms with Gasteiger partial charge in [0.15, 0.2) is 0 Å². The standard InChI is InChI=1S/C34H60N2/c1-14-29-31(34(29,12)13)28(22(2)3)21-25(7)32(33(9,10)11)36-26(8)35-30(23(4)5)20-16-24(6)15-17-27-18-19-27/h23,27-32,35-36H,2,6-8,14-21H2,1,3-5,9-13H3. The van der Waals surface area contributed by atoms with E-state index < -0.39 is 0 Å². The van der Waals surface area contributed by atoms with Gasteiger partial charge in [-0.05, 0) is 79.4 Å². The van der Waals surface area contributed by atoms with Crippen molar-refractivity contribution in [2.45, 2.75) is 126 Å². The highest BCUT2D eigenvalue weighted by Crippen LogP contribution is 2.65. The molecule has 0 aromatic heterocycles. The minimum atomic E-state index is 0.0367. The predicted molar refractivity (Wildman–Crippen MR) is 161 cm³/mol. The molecule has 0 saturated heterocycles. The second-order valence-electron chi connectivity index (χ2n) is 14.4. The van der Waals surface area contributed by atoms with Gasteiger partial charge >= 0.3 is 0 Å². The van der Waals surface area contributed by atoms with Crippen LogP contribution in [0.2, 0.25) is 0 Å². The molecule has 2 saturated carbocycles. The molecule has 206 valence electrons. The number of allylic oxidation sites excluding steroid dienone is 2. The van der Waals surface area contributed by atoms with Crippen LogP contribution in [0, 0.1) is 40.4 Å². The second-order valence-corrected chi connectivity index (χ2v) is 14.4. The maximum atomic E-state index is 4.63. The first-order valence-corrected chi connectivity index (χ1v) is 14.8. The Balaban J connectivity index is 1.99. The Kier molecular flexibility index (Phi) is 10.6. The third-order valence-electron chi connectivity index (χ3n) is 9.30. The van der Waals surface area contributed by atoms with Gasteiger partial charge in [0, 0.05) is 6.04 Å². The highest BCUT2D eigenvalue weighted by Gasteiger charge is 2.59. The Hall–Kier alpha value is -1.44. The van der Waals surface area contributed by atoms with Crippen molar-refractivity contribution in [3.63, 3.8) is 0 Å². The number of nitrogens with one attached hydrogen (secondary N) is 2. The molecule has 36 heavy (non-hydrogen) atoms. The molecule has 2 aliphatic rings. The third kappa shape index (κ3) is 8.56. The fraction of sp³-hybridized carbons (Fsp3) is 0.765. The molecule has 5 atom stereocenters. The SMILES string of the molecule is C=C(CCC1CC1)CCC(NC(=C)NC(C(=C)CC(C(=C)C)C1C(CC)C1(C)C)C(C)(C)C)C(C)C. The highest BCUT2D eigenvalue weighted by molar-refractivity contribution is 5.22. The molecule has 0 heterocycles. The van der Waals surface area contributed by atoms with Crippen molar-refractivity contribution in [1.29, 1.82) is 0 Å². The summed E-state index contributed by atoms with van der Waals surface area (Å²) in [7, 11) is 0. The molecular weight excluding hydrogens is 436 g/mol. The number of hydrogen-bond donors (Lipinski definition) is 2. The third-order valence-corrected chi connectivity index (χ3v) is 9.30. The zero-order valence-electron chi connectivity index (χ0n) is 25.5. The average molecular weight is 497 g/mol. The molecule has 0 bridgehead atoms. The van der Waals surface area contributed by atoms with E-state index in [0.717, 1.165) is 36.9 Å². The molecule has 2 N–H and O–H groups in total. The van der Waals surface area contributed by atoms with E-state index in [1.807, 2.05) is 0 Å². The van der Waals surface area contributed by atoms with Gasteiger partial charge in [-0.1, -0.05) is 118 Å². The van der Waals surface area contributed by atoms with Gasteiger partial charge in [-0.2, -0.15) is 0 Å². The van der Waals surface area contributed by atoms with Crippen LogP contribution in [0.1, 0.15) is 114 Å². The van der Waals surface area contributed by atoms with E-state index in [1.165, 1.54) is 48.8 Å². The van der Waals surface area contributed by atoms with Gasteiger partial charge < -0.3 is 10.6 Å². The Morgan fingerprint density at radius 2 is 1.61 bits per heavy atom. The zero-order chi connectivity index (χ0) is 27.4. The largest absolute Gasteiger partial charge is 0.369 e. The van der Waals surface area contributed by atoms with Crippen molar-refractivity contribution >= 4 is 0 Å². The monoisotopic (exact) mass is 496 g/mol. The van der Waals surface area contributed by atoms with E-state index in [-0.39, 0.29) is 11.5 Å². The van der Waals surface area contributed by atoms with Gasteiger partial charge in [0.05, 0.1) is 11.9 Å². The van der Waals surface area contributed by atoms with Crippen molar-refractivity contribution in [1.82, 2.24) is 10.6 Å². The molecule has 2 heteroatoms. The molecule has 0 spiro atoms. The van der Waals surface area contributed by atoms with Crippen LogP contribution >= 0.6 is 0 Å². The summed E-state index contributed by atoms with van der Waals surface area (Å²) in [4.78, 5) is 0. The van der Waals surface area contributed by atoms with E-state index in [9.17, 15) is 0 Å². The average Bonchev–Trinajstić information content (AvgIpc) is 3.66. The highest BCUT2D eigenvalue weighted by atomic mass is 15.1. The van der Waals surface area contributed by atoms with Gasteiger partial charge in [0.2, 0.25) is 0 Å². The Labute approximate surface area is 225 Å². The summed E-state index contributed by atoms with van der Waals surface area (Å²) >= 11 is 0. The number of rotatable bonds is 17. The lowest BCUT2D eigenvalue weighted by atomic mass is 9.77. The first-order valence-electron chi connectivity index (χ1n) is 14.8. The van der Waals surface area contributed by atoms with Crippen LogP contribution in [0.15, 0.2) is 48.9 Å². The normalized spacial score (nSPS) is 23.5. The maximum absolute atomic E-state index is 4.63. The van der Waals surface area contributed by atoms with Crippen molar-refractivity contribution in [2.75, 3.05) is 0 Å². The van der Waals surface area contributed by atoms with Gasteiger partial charge in [-0.15, -0.1) is 0 Å². The lowest BCUT2D eigenvalue weighted by Gasteiger charge is -2.37. The molecule has 0 aliphatic heterocycles. The molecule has 0 aromatic rings. The quantitative estimate of drug-likeness (QED) is 0.196. The summed E-state index contributed by atoms with van der Waals surface area (Å²) in [6, 6.07) is 0.542. The Morgan fingerprint density at radius 3 is 2.06 bits per heavy atom. The molecule has 2 rings (SSSR count).